The highest BCUT2D eigenvalue weighted by molar-refractivity contribution is 6.08. The Hall–Kier alpha value is -1.79. The minimum absolute atomic E-state index is 0.0652. The first-order chi connectivity index (χ1) is 13.9. The SMILES string of the molecule is [B]C[C@@H]1CC(O)[C@H](CC=CCCCC(=O)O)[C@H]1C=C[C@@H](O)CCc1ccc(C)o1. The van der Waals surface area contributed by atoms with Crippen molar-refractivity contribution in [3.05, 3.63) is 48.0 Å². The van der Waals surface area contributed by atoms with Crippen LogP contribution in [0.3, 0.4) is 0 Å². The fourth-order valence-electron chi connectivity index (χ4n) is 4.12. The van der Waals surface area contributed by atoms with E-state index in [0.717, 1.165) is 24.4 Å². The lowest BCUT2D eigenvalue weighted by molar-refractivity contribution is -0.137. The summed E-state index contributed by atoms with van der Waals surface area (Å²) >= 11 is 0. The number of carboxylic acids is 1. The molecule has 1 aromatic heterocycles. The zero-order valence-electron chi connectivity index (χ0n) is 17.2. The summed E-state index contributed by atoms with van der Waals surface area (Å²) in [7, 11) is 5.92. The minimum Gasteiger partial charge on any atom is -0.481 e. The van der Waals surface area contributed by atoms with E-state index < -0.39 is 18.2 Å². The van der Waals surface area contributed by atoms with Crippen LogP contribution in [0.25, 0.3) is 0 Å². The Labute approximate surface area is 174 Å². The molecule has 1 unspecified atom stereocenters. The summed E-state index contributed by atoms with van der Waals surface area (Å²) in [5.41, 5.74) is 0. The van der Waals surface area contributed by atoms with Gasteiger partial charge in [-0.15, -0.1) is 0 Å². The lowest BCUT2D eigenvalue weighted by atomic mass is 9.80. The summed E-state index contributed by atoms with van der Waals surface area (Å²) in [6, 6.07) is 3.85. The molecule has 2 rings (SSSR count). The van der Waals surface area contributed by atoms with Gasteiger partial charge in [-0.1, -0.05) is 30.6 Å². The molecule has 0 aromatic carbocycles. The van der Waals surface area contributed by atoms with Crippen molar-refractivity contribution in [1.29, 1.82) is 0 Å². The second-order valence-corrected chi connectivity index (χ2v) is 8.04. The van der Waals surface area contributed by atoms with Gasteiger partial charge in [0.2, 0.25) is 0 Å². The van der Waals surface area contributed by atoms with E-state index in [1.807, 2.05) is 43.4 Å². The average molecular weight is 400 g/mol. The molecular weight excluding hydrogens is 367 g/mol. The van der Waals surface area contributed by atoms with E-state index in [1.165, 1.54) is 0 Å². The van der Waals surface area contributed by atoms with Crippen LogP contribution in [0.1, 0.15) is 50.0 Å². The average Bonchev–Trinajstić information content (AvgIpc) is 3.23. The number of rotatable bonds is 12. The molecule has 1 aromatic rings. The van der Waals surface area contributed by atoms with Gasteiger partial charge in [0.15, 0.2) is 0 Å². The Kier molecular flexibility index (Phi) is 9.75. The van der Waals surface area contributed by atoms with E-state index in [9.17, 15) is 15.0 Å². The monoisotopic (exact) mass is 400 g/mol. The number of aliphatic carboxylic acids is 1. The van der Waals surface area contributed by atoms with Crippen LogP contribution < -0.4 is 0 Å². The van der Waals surface area contributed by atoms with Gasteiger partial charge in [-0.25, -0.2) is 0 Å². The van der Waals surface area contributed by atoms with Crippen molar-refractivity contribution in [2.24, 2.45) is 17.8 Å². The number of allylic oxidation sites excluding steroid dienone is 3. The van der Waals surface area contributed by atoms with Crippen molar-refractivity contribution in [3.63, 3.8) is 0 Å². The lowest BCUT2D eigenvalue weighted by Crippen LogP contribution is -2.19. The van der Waals surface area contributed by atoms with Gasteiger partial charge in [-0.3, -0.25) is 4.79 Å². The molecule has 0 amide bonds. The standard InChI is InChI=1S/C23H33BO5/c1-16-8-11-19(29-16)12-9-18(25)10-13-20-17(15-24)14-22(26)21(20)6-4-2-3-5-7-23(27)28/h2,4,8,10-11,13,17-18,20-22,25-26H,3,5-7,9,12,14-15H2,1H3,(H,27,28)/t17-,18-,20-,21+,22?/m0/s1. The molecule has 0 aliphatic heterocycles. The van der Waals surface area contributed by atoms with Crippen LogP contribution in [0.15, 0.2) is 40.9 Å². The van der Waals surface area contributed by atoms with Gasteiger partial charge < -0.3 is 19.7 Å². The first-order valence-electron chi connectivity index (χ1n) is 10.6. The summed E-state index contributed by atoms with van der Waals surface area (Å²) in [6.07, 6.45) is 11.6. The van der Waals surface area contributed by atoms with Crippen molar-refractivity contribution >= 4 is 13.8 Å². The summed E-state index contributed by atoms with van der Waals surface area (Å²) < 4.78 is 5.54. The Balaban J connectivity index is 1.86. The van der Waals surface area contributed by atoms with Crippen LogP contribution in [-0.2, 0) is 11.2 Å². The van der Waals surface area contributed by atoms with Gasteiger partial charge in [0.05, 0.1) is 20.1 Å². The van der Waals surface area contributed by atoms with E-state index in [0.29, 0.717) is 32.0 Å². The van der Waals surface area contributed by atoms with Crippen molar-refractivity contribution in [3.8, 4) is 0 Å². The highest BCUT2D eigenvalue weighted by Gasteiger charge is 2.39. The van der Waals surface area contributed by atoms with Gasteiger partial charge in [0.1, 0.15) is 11.5 Å². The predicted molar refractivity (Wildman–Crippen MR) is 114 cm³/mol. The summed E-state index contributed by atoms with van der Waals surface area (Å²) in [6.45, 7) is 1.90. The minimum atomic E-state index is -0.777. The normalized spacial score (nSPS) is 25.9. The molecule has 0 saturated heterocycles. The third-order valence-electron chi connectivity index (χ3n) is 5.75. The van der Waals surface area contributed by atoms with Crippen LogP contribution in [-0.4, -0.2) is 41.3 Å². The largest absolute Gasteiger partial charge is 0.481 e. The zero-order valence-corrected chi connectivity index (χ0v) is 17.2. The van der Waals surface area contributed by atoms with E-state index in [4.69, 9.17) is 17.4 Å². The van der Waals surface area contributed by atoms with Crippen LogP contribution in [0.2, 0.25) is 6.32 Å². The third-order valence-corrected chi connectivity index (χ3v) is 5.75. The molecule has 5 atom stereocenters. The highest BCUT2D eigenvalue weighted by Crippen LogP contribution is 2.42. The third kappa shape index (κ3) is 7.86. The molecule has 29 heavy (non-hydrogen) atoms. The second kappa shape index (κ2) is 12.0. The van der Waals surface area contributed by atoms with Crippen LogP contribution in [0, 0.1) is 24.7 Å². The number of carbonyl (C=O) groups is 1. The first-order valence-corrected chi connectivity index (χ1v) is 10.6. The Morgan fingerprint density at radius 2 is 2.17 bits per heavy atom. The quantitative estimate of drug-likeness (QED) is 0.282. The van der Waals surface area contributed by atoms with Crippen LogP contribution in [0.5, 0.6) is 0 Å². The van der Waals surface area contributed by atoms with E-state index in [1.54, 1.807) is 0 Å². The molecule has 2 radical (unpaired) electrons. The molecule has 1 aliphatic carbocycles. The van der Waals surface area contributed by atoms with Gasteiger partial charge in [-0.05, 0) is 68.9 Å². The number of carboxylic acid groups (broad SMARTS) is 1. The van der Waals surface area contributed by atoms with Crippen LogP contribution in [0.4, 0.5) is 0 Å². The van der Waals surface area contributed by atoms with Crippen molar-refractivity contribution in [2.45, 2.75) is 70.4 Å². The Bertz CT molecular complexity index is 681. The maximum Gasteiger partial charge on any atom is 0.303 e. The summed E-state index contributed by atoms with van der Waals surface area (Å²) in [5, 5.41) is 29.5. The van der Waals surface area contributed by atoms with Gasteiger partial charge in [0.25, 0.3) is 0 Å². The molecule has 5 nitrogen and oxygen atoms in total. The molecular formula is C23H33BO5. The molecule has 1 aliphatic rings. The summed E-state index contributed by atoms with van der Waals surface area (Å²) in [5.74, 6) is 1.36. The lowest BCUT2D eigenvalue weighted by Gasteiger charge is -2.21. The molecule has 1 heterocycles. The highest BCUT2D eigenvalue weighted by atomic mass is 16.4. The number of aliphatic hydroxyl groups is 2. The molecule has 0 spiro atoms. The van der Waals surface area contributed by atoms with Gasteiger partial charge in [0, 0.05) is 12.8 Å². The number of aryl methyl sites for hydroxylation is 2. The number of unbranched alkanes of at least 4 members (excludes halogenated alkanes) is 1. The van der Waals surface area contributed by atoms with E-state index in [2.05, 4.69) is 0 Å². The first kappa shape index (κ1) is 23.5. The second-order valence-electron chi connectivity index (χ2n) is 8.04. The van der Waals surface area contributed by atoms with Gasteiger partial charge in [-0.2, -0.15) is 0 Å². The molecule has 3 N–H and O–H groups in total. The molecule has 158 valence electrons. The van der Waals surface area contributed by atoms with Crippen molar-refractivity contribution in [2.75, 3.05) is 0 Å². The maximum atomic E-state index is 10.5. The maximum absolute atomic E-state index is 10.5. The Morgan fingerprint density at radius 1 is 1.38 bits per heavy atom. The number of aliphatic hydroxyl groups excluding tert-OH is 2. The topological polar surface area (TPSA) is 90.9 Å². The van der Waals surface area contributed by atoms with E-state index in [-0.39, 0.29) is 24.2 Å². The summed E-state index contributed by atoms with van der Waals surface area (Å²) in [4.78, 5) is 10.5. The number of hydrogen-bond acceptors (Lipinski definition) is 4. The molecule has 6 heteroatoms. The van der Waals surface area contributed by atoms with Crippen molar-refractivity contribution in [1.82, 2.24) is 0 Å². The zero-order chi connectivity index (χ0) is 21.2. The fraction of sp³-hybridized carbons (Fsp3) is 0.609. The Morgan fingerprint density at radius 3 is 2.83 bits per heavy atom. The van der Waals surface area contributed by atoms with Crippen LogP contribution >= 0.6 is 0 Å². The van der Waals surface area contributed by atoms with Gasteiger partial charge >= 0.3 is 5.97 Å². The smallest absolute Gasteiger partial charge is 0.303 e. The molecule has 1 fully saturated rings. The number of furan rings is 1. The fourth-order valence-corrected chi connectivity index (χ4v) is 4.12. The molecule has 1 saturated carbocycles. The van der Waals surface area contributed by atoms with Crippen molar-refractivity contribution < 1.29 is 24.5 Å². The number of hydrogen-bond donors (Lipinski definition) is 3. The molecule has 0 bridgehead atoms. The van der Waals surface area contributed by atoms with E-state index >= 15 is 0 Å². The predicted octanol–water partition coefficient (Wildman–Crippen LogP) is 3.84.